The molecule has 0 aromatic heterocycles. The SMILES string of the molecule is CC(C)Oc1ccc(CN(/N=C/c2ccc([N+](=O)[O-])cc2)C(N)=S)cc1. The normalized spacial score (nSPS) is 10.9. The van der Waals surface area contributed by atoms with Crippen molar-refractivity contribution in [2.75, 3.05) is 0 Å². The van der Waals surface area contributed by atoms with Gasteiger partial charge in [0.05, 0.1) is 23.8 Å². The largest absolute Gasteiger partial charge is 0.491 e. The van der Waals surface area contributed by atoms with Crippen LogP contribution in [0, 0.1) is 10.1 Å². The fraction of sp³-hybridized carbons (Fsp3) is 0.222. The van der Waals surface area contributed by atoms with E-state index in [1.54, 1.807) is 18.3 Å². The number of thiocarbonyl (C=S) groups is 1. The van der Waals surface area contributed by atoms with Gasteiger partial charge in [0, 0.05) is 12.1 Å². The van der Waals surface area contributed by atoms with Gasteiger partial charge in [-0.2, -0.15) is 5.10 Å². The second-order valence-corrected chi connectivity index (χ2v) is 6.22. The predicted molar refractivity (Wildman–Crippen MR) is 105 cm³/mol. The number of nitro groups is 1. The van der Waals surface area contributed by atoms with Gasteiger partial charge in [-0.25, -0.2) is 5.01 Å². The molecule has 0 saturated carbocycles. The maximum atomic E-state index is 10.7. The Hall–Kier alpha value is -3.00. The monoisotopic (exact) mass is 372 g/mol. The second kappa shape index (κ2) is 8.91. The van der Waals surface area contributed by atoms with Gasteiger partial charge in [0.1, 0.15) is 5.75 Å². The van der Waals surface area contributed by atoms with Crippen molar-refractivity contribution in [3.05, 3.63) is 69.8 Å². The van der Waals surface area contributed by atoms with Crippen LogP contribution in [0.3, 0.4) is 0 Å². The molecule has 0 radical (unpaired) electrons. The average molecular weight is 372 g/mol. The summed E-state index contributed by atoms with van der Waals surface area (Å²) in [4.78, 5) is 10.2. The van der Waals surface area contributed by atoms with Crippen LogP contribution in [0.2, 0.25) is 0 Å². The Morgan fingerprint density at radius 3 is 2.38 bits per heavy atom. The molecule has 2 rings (SSSR count). The predicted octanol–water partition coefficient (Wildman–Crippen LogP) is 3.46. The zero-order chi connectivity index (χ0) is 19.1. The van der Waals surface area contributed by atoms with Crippen LogP contribution in [0.1, 0.15) is 25.0 Å². The van der Waals surface area contributed by atoms with Gasteiger partial charge in [0.25, 0.3) is 5.69 Å². The first-order valence-corrected chi connectivity index (χ1v) is 8.37. The van der Waals surface area contributed by atoms with Gasteiger partial charge in [-0.1, -0.05) is 12.1 Å². The number of benzene rings is 2. The van der Waals surface area contributed by atoms with Crippen LogP contribution in [-0.4, -0.2) is 27.4 Å². The fourth-order valence-corrected chi connectivity index (χ4v) is 2.22. The van der Waals surface area contributed by atoms with Crippen molar-refractivity contribution in [3.63, 3.8) is 0 Å². The smallest absolute Gasteiger partial charge is 0.269 e. The van der Waals surface area contributed by atoms with Crippen molar-refractivity contribution < 1.29 is 9.66 Å². The lowest BCUT2D eigenvalue weighted by Gasteiger charge is -2.17. The molecule has 0 unspecified atom stereocenters. The number of nitrogens with two attached hydrogens (primary N) is 1. The van der Waals surface area contributed by atoms with Gasteiger partial charge in [-0.05, 0) is 61.5 Å². The number of ether oxygens (including phenoxy) is 1. The molecule has 0 aliphatic heterocycles. The van der Waals surface area contributed by atoms with Gasteiger partial charge in [-0.3, -0.25) is 10.1 Å². The first-order chi connectivity index (χ1) is 12.3. The Morgan fingerprint density at radius 1 is 1.27 bits per heavy atom. The minimum absolute atomic E-state index is 0.0251. The van der Waals surface area contributed by atoms with Gasteiger partial charge in [0.15, 0.2) is 5.11 Å². The minimum atomic E-state index is -0.450. The van der Waals surface area contributed by atoms with Crippen LogP contribution >= 0.6 is 12.2 Å². The molecule has 0 amide bonds. The third-order valence-electron chi connectivity index (χ3n) is 3.33. The molecule has 0 aliphatic rings. The molecule has 0 saturated heterocycles. The Kier molecular flexibility index (Phi) is 6.62. The number of hydrogen-bond donors (Lipinski definition) is 1. The maximum absolute atomic E-state index is 10.7. The van der Waals surface area contributed by atoms with Crippen LogP contribution in [0.5, 0.6) is 5.75 Å². The lowest BCUT2D eigenvalue weighted by atomic mass is 10.2. The molecular weight excluding hydrogens is 352 g/mol. The molecule has 2 N–H and O–H groups in total. The van der Waals surface area contributed by atoms with E-state index in [0.717, 1.165) is 11.3 Å². The van der Waals surface area contributed by atoms with Gasteiger partial charge >= 0.3 is 0 Å². The molecule has 0 bridgehead atoms. The lowest BCUT2D eigenvalue weighted by Crippen LogP contribution is -2.30. The number of non-ortho nitro benzene ring substituents is 1. The van der Waals surface area contributed by atoms with Crippen LogP contribution < -0.4 is 10.5 Å². The van der Waals surface area contributed by atoms with E-state index in [1.165, 1.54) is 17.1 Å². The maximum Gasteiger partial charge on any atom is 0.269 e. The van der Waals surface area contributed by atoms with E-state index in [-0.39, 0.29) is 16.9 Å². The highest BCUT2D eigenvalue weighted by atomic mass is 32.1. The molecule has 0 heterocycles. The highest BCUT2D eigenvalue weighted by molar-refractivity contribution is 7.80. The molecule has 8 heteroatoms. The number of rotatable bonds is 7. The minimum Gasteiger partial charge on any atom is -0.491 e. The standard InChI is InChI=1S/C18H20N4O3S/c1-13(2)25-17-9-5-15(6-10-17)12-21(18(19)26)20-11-14-3-7-16(8-4-14)22(23)24/h3-11,13H,12H2,1-2H3,(H2,19,26)/b20-11+. The molecule has 2 aromatic carbocycles. The Labute approximate surface area is 157 Å². The van der Waals surface area contributed by atoms with Crippen molar-refractivity contribution in [1.29, 1.82) is 0 Å². The summed E-state index contributed by atoms with van der Waals surface area (Å²) in [6.07, 6.45) is 1.67. The van der Waals surface area contributed by atoms with E-state index < -0.39 is 4.92 Å². The first-order valence-electron chi connectivity index (χ1n) is 7.96. The van der Waals surface area contributed by atoms with E-state index in [0.29, 0.717) is 12.1 Å². The summed E-state index contributed by atoms with van der Waals surface area (Å²) < 4.78 is 5.61. The third kappa shape index (κ3) is 5.82. The summed E-state index contributed by atoms with van der Waals surface area (Å²) in [7, 11) is 0. The van der Waals surface area contributed by atoms with E-state index >= 15 is 0 Å². The summed E-state index contributed by atoms with van der Waals surface area (Å²) in [5.74, 6) is 0.792. The summed E-state index contributed by atoms with van der Waals surface area (Å²) in [5.41, 5.74) is 7.44. The molecule has 0 fully saturated rings. The van der Waals surface area contributed by atoms with Gasteiger partial charge < -0.3 is 10.5 Å². The summed E-state index contributed by atoms with van der Waals surface area (Å²) >= 11 is 5.05. The second-order valence-electron chi connectivity index (χ2n) is 5.80. The van der Waals surface area contributed by atoms with Crippen molar-refractivity contribution in [1.82, 2.24) is 5.01 Å². The Balaban J connectivity index is 2.06. The van der Waals surface area contributed by atoms with Crippen LogP contribution in [0.15, 0.2) is 53.6 Å². The first kappa shape index (κ1) is 19.3. The molecule has 0 atom stereocenters. The number of hydrazone groups is 1. The highest BCUT2D eigenvalue weighted by Crippen LogP contribution is 2.15. The van der Waals surface area contributed by atoms with Gasteiger partial charge in [0.2, 0.25) is 0 Å². The highest BCUT2D eigenvalue weighted by Gasteiger charge is 2.07. The van der Waals surface area contributed by atoms with Crippen molar-refractivity contribution in [2.45, 2.75) is 26.5 Å². The lowest BCUT2D eigenvalue weighted by molar-refractivity contribution is -0.384. The van der Waals surface area contributed by atoms with Crippen molar-refractivity contribution in [2.24, 2.45) is 10.8 Å². The Morgan fingerprint density at radius 2 is 1.88 bits per heavy atom. The molecule has 136 valence electrons. The number of nitrogens with zero attached hydrogens (tertiary/aromatic N) is 3. The zero-order valence-corrected chi connectivity index (χ0v) is 15.3. The van der Waals surface area contributed by atoms with E-state index in [9.17, 15) is 10.1 Å². The van der Waals surface area contributed by atoms with Gasteiger partial charge in [-0.15, -0.1) is 0 Å². The van der Waals surface area contributed by atoms with E-state index in [4.69, 9.17) is 22.7 Å². The number of hydrogen-bond acceptors (Lipinski definition) is 5. The van der Waals surface area contributed by atoms with Crippen molar-refractivity contribution in [3.8, 4) is 5.75 Å². The summed E-state index contributed by atoms with van der Waals surface area (Å²) in [5, 5.41) is 16.6. The molecule has 26 heavy (non-hydrogen) atoms. The van der Waals surface area contributed by atoms with Crippen molar-refractivity contribution >= 4 is 29.2 Å². The quantitative estimate of drug-likeness (QED) is 0.346. The van der Waals surface area contributed by atoms with E-state index in [2.05, 4.69) is 5.10 Å². The van der Waals surface area contributed by atoms with E-state index in [1.807, 2.05) is 38.1 Å². The van der Waals surface area contributed by atoms with Crippen LogP contribution in [-0.2, 0) is 6.54 Å². The number of nitro benzene ring substituents is 1. The third-order valence-corrected chi connectivity index (χ3v) is 3.54. The molecular formula is C18H20N4O3S. The summed E-state index contributed by atoms with van der Waals surface area (Å²) in [6, 6.07) is 13.7. The molecule has 7 nitrogen and oxygen atoms in total. The van der Waals surface area contributed by atoms with Crippen LogP contribution in [0.4, 0.5) is 5.69 Å². The molecule has 2 aromatic rings. The average Bonchev–Trinajstić information content (AvgIpc) is 2.59. The Bertz CT molecular complexity index is 789. The summed E-state index contributed by atoms with van der Waals surface area (Å²) in [6.45, 7) is 4.34. The fourth-order valence-electron chi connectivity index (χ4n) is 2.11. The zero-order valence-electron chi connectivity index (χ0n) is 14.5. The molecule has 0 spiro atoms. The molecule has 0 aliphatic carbocycles. The topological polar surface area (TPSA) is 94.0 Å². The van der Waals surface area contributed by atoms with Crippen LogP contribution in [0.25, 0.3) is 0 Å².